The van der Waals surface area contributed by atoms with Crippen LogP contribution >= 0.6 is 11.6 Å². The van der Waals surface area contributed by atoms with Gasteiger partial charge >= 0.3 is 0 Å². The molecule has 0 aliphatic heterocycles. The fourth-order valence-corrected chi connectivity index (χ4v) is 3.17. The molecule has 0 radical (unpaired) electrons. The van der Waals surface area contributed by atoms with Gasteiger partial charge in [0.2, 0.25) is 0 Å². The predicted molar refractivity (Wildman–Crippen MR) is 109 cm³/mol. The molecule has 148 valence electrons. The van der Waals surface area contributed by atoms with Gasteiger partial charge in [0.25, 0.3) is 11.5 Å². The number of aryl methyl sites for hydroxylation is 1. The van der Waals surface area contributed by atoms with E-state index in [1.54, 1.807) is 31.3 Å². The maximum absolute atomic E-state index is 12.6. The minimum atomic E-state index is -0.576. The topological polar surface area (TPSA) is 115 Å². The van der Waals surface area contributed by atoms with Crippen molar-refractivity contribution >= 4 is 34.2 Å². The highest BCUT2D eigenvalue weighted by atomic mass is 35.5. The standard InChI is InChI=1S/C19H22ClN5O3/c1-9(2)28-16-7-14-11(6-13(16)20)5-12(19(27)23-14)10(3)22-17-8-15(18(21)26)25(4)24-17/h5-10H,1-4H3,(H2,21,26)(H,22,24)(H,23,27)/t10-/m0/s1. The van der Waals surface area contributed by atoms with Gasteiger partial charge in [0, 0.05) is 30.1 Å². The molecule has 28 heavy (non-hydrogen) atoms. The Hall–Kier alpha value is -3.00. The zero-order valence-corrected chi connectivity index (χ0v) is 16.8. The number of ether oxygens (including phenoxy) is 1. The van der Waals surface area contributed by atoms with E-state index in [0.717, 1.165) is 5.39 Å². The van der Waals surface area contributed by atoms with E-state index < -0.39 is 5.91 Å². The number of anilines is 1. The number of carbonyl (C=O) groups is 1. The fraction of sp³-hybridized carbons (Fsp3) is 0.316. The smallest absolute Gasteiger partial charge is 0.267 e. The summed E-state index contributed by atoms with van der Waals surface area (Å²) in [6.07, 6.45) is -0.0335. The van der Waals surface area contributed by atoms with Gasteiger partial charge in [0.1, 0.15) is 17.3 Å². The molecule has 0 fully saturated rings. The molecular weight excluding hydrogens is 382 g/mol. The Balaban J connectivity index is 1.94. The van der Waals surface area contributed by atoms with Crippen LogP contribution in [0.4, 0.5) is 5.82 Å². The predicted octanol–water partition coefficient (Wildman–Crippen LogP) is 2.97. The first-order chi connectivity index (χ1) is 13.2. The zero-order chi connectivity index (χ0) is 20.6. The van der Waals surface area contributed by atoms with Gasteiger partial charge in [-0.2, -0.15) is 5.10 Å². The average Bonchev–Trinajstić information content (AvgIpc) is 2.95. The highest BCUT2D eigenvalue weighted by Gasteiger charge is 2.16. The minimum Gasteiger partial charge on any atom is -0.489 e. The Labute approximate surface area is 166 Å². The molecule has 1 atom stereocenters. The normalized spacial score (nSPS) is 12.4. The molecule has 0 saturated heterocycles. The lowest BCUT2D eigenvalue weighted by Gasteiger charge is -2.15. The lowest BCUT2D eigenvalue weighted by atomic mass is 10.1. The molecule has 0 saturated carbocycles. The molecule has 4 N–H and O–H groups in total. The van der Waals surface area contributed by atoms with Gasteiger partial charge in [-0.1, -0.05) is 11.6 Å². The summed E-state index contributed by atoms with van der Waals surface area (Å²) >= 11 is 6.31. The number of primary amides is 1. The monoisotopic (exact) mass is 403 g/mol. The summed E-state index contributed by atoms with van der Waals surface area (Å²) in [6.45, 7) is 5.63. The molecule has 1 amide bonds. The second kappa shape index (κ2) is 7.55. The molecule has 3 aromatic rings. The van der Waals surface area contributed by atoms with E-state index in [9.17, 15) is 9.59 Å². The molecular formula is C19H22ClN5O3. The van der Waals surface area contributed by atoms with Crippen LogP contribution in [0.1, 0.15) is 42.9 Å². The number of H-pyrrole nitrogens is 1. The number of nitrogens with zero attached hydrogens (tertiary/aromatic N) is 2. The van der Waals surface area contributed by atoms with Crippen molar-refractivity contribution in [2.75, 3.05) is 5.32 Å². The fourth-order valence-electron chi connectivity index (χ4n) is 2.96. The average molecular weight is 404 g/mol. The zero-order valence-electron chi connectivity index (χ0n) is 16.0. The Morgan fingerprint density at radius 2 is 2.00 bits per heavy atom. The second-order valence-corrected chi connectivity index (χ2v) is 7.27. The molecule has 2 aromatic heterocycles. The summed E-state index contributed by atoms with van der Waals surface area (Å²) in [7, 11) is 1.62. The van der Waals surface area contributed by atoms with Gasteiger partial charge in [-0.05, 0) is 32.9 Å². The molecule has 0 bridgehead atoms. The second-order valence-electron chi connectivity index (χ2n) is 6.86. The highest BCUT2D eigenvalue weighted by molar-refractivity contribution is 6.32. The SMILES string of the molecule is CC(C)Oc1cc2[nH]c(=O)c([C@H](C)Nc3cc(C(N)=O)n(C)n3)cc2cc1Cl. The van der Waals surface area contributed by atoms with Crippen LogP contribution in [0.5, 0.6) is 5.75 Å². The van der Waals surface area contributed by atoms with Crippen LogP contribution in [0.2, 0.25) is 5.02 Å². The third-order valence-corrected chi connectivity index (χ3v) is 4.55. The van der Waals surface area contributed by atoms with E-state index >= 15 is 0 Å². The number of nitrogens with one attached hydrogen (secondary N) is 2. The van der Waals surface area contributed by atoms with E-state index in [1.165, 1.54) is 4.68 Å². The first kappa shape index (κ1) is 19.8. The quantitative estimate of drug-likeness (QED) is 0.585. The molecule has 2 heterocycles. The Morgan fingerprint density at radius 1 is 1.29 bits per heavy atom. The maximum atomic E-state index is 12.6. The largest absolute Gasteiger partial charge is 0.489 e. The van der Waals surface area contributed by atoms with Crippen molar-refractivity contribution in [2.45, 2.75) is 32.9 Å². The molecule has 0 aliphatic rings. The number of benzene rings is 1. The Morgan fingerprint density at radius 3 is 2.61 bits per heavy atom. The first-order valence-electron chi connectivity index (χ1n) is 8.79. The van der Waals surface area contributed by atoms with E-state index in [2.05, 4.69) is 15.4 Å². The lowest BCUT2D eigenvalue weighted by Crippen LogP contribution is -2.19. The molecule has 0 spiro atoms. The number of fused-ring (bicyclic) bond motifs is 1. The number of hydrogen-bond donors (Lipinski definition) is 3. The molecule has 0 unspecified atom stereocenters. The summed E-state index contributed by atoms with van der Waals surface area (Å²) in [6, 6.07) is 6.43. The Bertz CT molecular complexity index is 1100. The summed E-state index contributed by atoms with van der Waals surface area (Å²) in [5.41, 5.74) is 6.48. The van der Waals surface area contributed by atoms with E-state index in [4.69, 9.17) is 22.1 Å². The molecule has 8 nitrogen and oxygen atoms in total. The van der Waals surface area contributed by atoms with E-state index in [-0.39, 0.29) is 23.4 Å². The van der Waals surface area contributed by atoms with Crippen molar-refractivity contribution in [3.63, 3.8) is 0 Å². The number of aromatic nitrogens is 3. The summed E-state index contributed by atoms with van der Waals surface area (Å²) in [5, 5.41) is 8.56. The number of pyridine rings is 1. The molecule has 1 aromatic carbocycles. The van der Waals surface area contributed by atoms with Crippen LogP contribution in [0.15, 0.2) is 29.1 Å². The first-order valence-corrected chi connectivity index (χ1v) is 9.17. The van der Waals surface area contributed by atoms with Crippen LogP contribution in [-0.2, 0) is 7.05 Å². The van der Waals surface area contributed by atoms with Crippen LogP contribution < -0.4 is 21.3 Å². The van der Waals surface area contributed by atoms with Crippen molar-refractivity contribution < 1.29 is 9.53 Å². The number of hydrogen-bond acceptors (Lipinski definition) is 5. The van der Waals surface area contributed by atoms with Crippen molar-refractivity contribution in [3.05, 3.63) is 50.9 Å². The minimum absolute atomic E-state index is 0.0335. The summed E-state index contributed by atoms with van der Waals surface area (Å²) in [4.78, 5) is 26.8. The molecule has 9 heteroatoms. The van der Waals surface area contributed by atoms with Crippen molar-refractivity contribution in [3.8, 4) is 5.75 Å². The van der Waals surface area contributed by atoms with Crippen LogP contribution in [-0.4, -0.2) is 26.8 Å². The molecule has 0 aliphatic carbocycles. The number of amides is 1. The number of nitrogens with two attached hydrogens (primary N) is 1. The van der Waals surface area contributed by atoms with Gasteiger partial charge in [0.15, 0.2) is 0 Å². The van der Waals surface area contributed by atoms with Gasteiger partial charge in [-0.25, -0.2) is 0 Å². The van der Waals surface area contributed by atoms with Crippen LogP contribution in [0, 0.1) is 0 Å². The number of carbonyl (C=O) groups excluding carboxylic acids is 1. The summed E-state index contributed by atoms with van der Waals surface area (Å²) < 4.78 is 7.05. The number of rotatable bonds is 6. The third kappa shape index (κ3) is 3.96. The van der Waals surface area contributed by atoms with Crippen molar-refractivity contribution in [2.24, 2.45) is 12.8 Å². The van der Waals surface area contributed by atoms with Gasteiger partial charge in [-0.3, -0.25) is 14.3 Å². The van der Waals surface area contributed by atoms with E-state index in [0.29, 0.717) is 27.7 Å². The van der Waals surface area contributed by atoms with Gasteiger partial charge in [0.05, 0.1) is 22.7 Å². The number of aromatic amines is 1. The molecule has 3 rings (SSSR count). The highest BCUT2D eigenvalue weighted by Crippen LogP contribution is 2.30. The van der Waals surface area contributed by atoms with E-state index in [1.807, 2.05) is 20.8 Å². The van der Waals surface area contributed by atoms with Crippen molar-refractivity contribution in [1.29, 1.82) is 0 Å². The van der Waals surface area contributed by atoms with Crippen LogP contribution in [0.3, 0.4) is 0 Å². The summed E-state index contributed by atoms with van der Waals surface area (Å²) in [5.74, 6) is 0.390. The number of halogens is 1. The van der Waals surface area contributed by atoms with Gasteiger partial charge < -0.3 is 20.8 Å². The third-order valence-electron chi connectivity index (χ3n) is 4.25. The Kier molecular flexibility index (Phi) is 5.33. The van der Waals surface area contributed by atoms with Gasteiger partial charge in [-0.15, -0.1) is 0 Å². The van der Waals surface area contributed by atoms with Crippen LogP contribution in [0.25, 0.3) is 10.9 Å². The maximum Gasteiger partial charge on any atom is 0.267 e. The lowest BCUT2D eigenvalue weighted by molar-refractivity contribution is 0.0991. The van der Waals surface area contributed by atoms with Crippen molar-refractivity contribution in [1.82, 2.24) is 14.8 Å².